The maximum Gasteiger partial charge on any atom is 0.200 e. The van der Waals surface area contributed by atoms with Crippen molar-refractivity contribution in [1.29, 1.82) is 0 Å². The molecule has 1 unspecified atom stereocenters. The first kappa shape index (κ1) is 20.0. The van der Waals surface area contributed by atoms with Crippen molar-refractivity contribution >= 4 is 11.0 Å². The van der Waals surface area contributed by atoms with E-state index in [0.717, 1.165) is 25.9 Å². The average molecular weight is 382 g/mol. The van der Waals surface area contributed by atoms with E-state index in [-0.39, 0.29) is 11.2 Å². The topological polar surface area (TPSA) is 64.1 Å². The molecule has 0 fully saturated rings. The molecule has 2 N–H and O–H groups in total. The highest BCUT2D eigenvalue weighted by Gasteiger charge is 2.19. The Morgan fingerprint density at radius 2 is 1.89 bits per heavy atom. The minimum atomic E-state index is -0.126. The molecule has 0 spiro atoms. The van der Waals surface area contributed by atoms with Gasteiger partial charge in [-0.25, -0.2) is 0 Å². The zero-order valence-corrected chi connectivity index (χ0v) is 16.7. The quantitative estimate of drug-likeness (QED) is 0.627. The number of para-hydroxylation sites is 1. The molecule has 0 aliphatic heterocycles. The Labute approximate surface area is 165 Å². The van der Waals surface area contributed by atoms with Crippen LogP contribution in [0.25, 0.3) is 22.1 Å². The average Bonchev–Trinajstić information content (AvgIpc) is 2.72. The van der Waals surface area contributed by atoms with Gasteiger partial charge in [0, 0.05) is 5.56 Å². The first-order valence-electron chi connectivity index (χ1n) is 9.84. The Hall–Kier alpha value is -2.79. The van der Waals surface area contributed by atoms with E-state index >= 15 is 0 Å². The summed E-state index contributed by atoms with van der Waals surface area (Å²) in [5.74, 6) is 0.789. The summed E-state index contributed by atoms with van der Waals surface area (Å²) in [4.78, 5) is 14.5. The van der Waals surface area contributed by atoms with Crippen molar-refractivity contribution in [3.63, 3.8) is 0 Å². The van der Waals surface area contributed by atoms with Crippen LogP contribution >= 0.6 is 0 Å². The number of methoxy groups -OCH3 is 1. The summed E-state index contributed by atoms with van der Waals surface area (Å²) < 4.78 is 11.3. The van der Waals surface area contributed by atoms with Crippen molar-refractivity contribution in [3.05, 3.63) is 58.4 Å². The summed E-state index contributed by atoms with van der Waals surface area (Å²) in [6.45, 7) is 6.88. The number of rotatable bonds is 8. The molecule has 2 aromatic carbocycles. The van der Waals surface area contributed by atoms with E-state index in [1.54, 1.807) is 19.2 Å². The fourth-order valence-corrected chi connectivity index (χ4v) is 3.54. The Morgan fingerprint density at radius 3 is 2.61 bits per heavy atom. The molecule has 0 saturated carbocycles. The number of phenolic OH excluding ortho intramolecular Hbond substituents is 1. The van der Waals surface area contributed by atoms with Gasteiger partial charge in [0.15, 0.2) is 0 Å². The lowest BCUT2D eigenvalue weighted by Crippen LogP contribution is -3.10. The molecule has 0 aliphatic rings. The molecule has 148 valence electrons. The summed E-state index contributed by atoms with van der Waals surface area (Å²) >= 11 is 0. The molecule has 0 bridgehead atoms. The number of nitrogens with one attached hydrogen (secondary N) is 1. The molecule has 5 heteroatoms. The molecule has 3 rings (SSSR count). The molecule has 0 aliphatic carbocycles. The molecule has 28 heavy (non-hydrogen) atoms. The van der Waals surface area contributed by atoms with Crippen molar-refractivity contribution in [3.8, 4) is 22.6 Å². The predicted octanol–water partition coefficient (Wildman–Crippen LogP) is 3.38. The Bertz CT molecular complexity index is 1010. The van der Waals surface area contributed by atoms with Crippen molar-refractivity contribution in [2.75, 3.05) is 20.2 Å². The van der Waals surface area contributed by atoms with E-state index in [9.17, 15) is 9.90 Å². The van der Waals surface area contributed by atoms with Gasteiger partial charge in [0.1, 0.15) is 29.9 Å². The van der Waals surface area contributed by atoms with E-state index in [0.29, 0.717) is 40.0 Å². The third-order valence-electron chi connectivity index (χ3n) is 5.23. The van der Waals surface area contributed by atoms with Gasteiger partial charge in [-0.1, -0.05) is 31.5 Å². The number of phenols is 1. The van der Waals surface area contributed by atoms with E-state index in [1.807, 2.05) is 24.3 Å². The Kier molecular flexibility index (Phi) is 6.37. The predicted molar refractivity (Wildman–Crippen MR) is 111 cm³/mol. The van der Waals surface area contributed by atoms with Crippen LogP contribution in [0.3, 0.4) is 0 Å². The molecule has 0 saturated heterocycles. The van der Waals surface area contributed by atoms with Crippen LogP contribution < -0.4 is 15.1 Å². The summed E-state index contributed by atoms with van der Waals surface area (Å²) in [6, 6.07) is 10.6. The van der Waals surface area contributed by atoms with Crippen LogP contribution in [-0.2, 0) is 6.54 Å². The third kappa shape index (κ3) is 3.90. The number of aromatic hydroxyl groups is 1. The normalized spacial score (nSPS) is 12.2. The number of unbranched alkanes of at least 4 members (excludes halogenated alkanes) is 1. The lowest BCUT2D eigenvalue weighted by molar-refractivity contribution is -0.912. The SMILES string of the molecule is CCCC[NH+](CC)Cc1c(O)ccc2c(=O)c(-c3ccccc3OC)coc12. The van der Waals surface area contributed by atoms with Gasteiger partial charge in [-0.05, 0) is 31.5 Å². The summed E-state index contributed by atoms with van der Waals surface area (Å²) in [5, 5.41) is 10.9. The van der Waals surface area contributed by atoms with Gasteiger partial charge in [-0.3, -0.25) is 4.79 Å². The molecular weight excluding hydrogens is 354 g/mol. The second kappa shape index (κ2) is 8.93. The smallest absolute Gasteiger partial charge is 0.200 e. The van der Waals surface area contributed by atoms with Crippen LogP contribution in [-0.4, -0.2) is 25.3 Å². The number of fused-ring (bicyclic) bond motifs is 1. The first-order chi connectivity index (χ1) is 13.6. The van der Waals surface area contributed by atoms with Gasteiger partial charge in [-0.15, -0.1) is 0 Å². The van der Waals surface area contributed by atoms with E-state index in [4.69, 9.17) is 9.15 Å². The van der Waals surface area contributed by atoms with Gasteiger partial charge >= 0.3 is 0 Å². The number of ether oxygens (including phenoxy) is 1. The van der Waals surface area contributed by atoms with Gasteiger partial charge < -0.3 is 19.2 Å². The number of hydrogen-bond donors (Lipinski definition) is 2. The monoisotopic (exact) mass is 382 g/mol. The second-order valence-electron chi connectivity index (χ2n) is 7.00. The molecule has 3 aromatic rings. The lowest BCUT2D eigenvalue weighted by Gasteiger charge is -2.18. The van der Waals surface area contributed by atoms with Crippen molar-refractivity contribution < 1.29 is 19.2 Å². The van der Waals surface area contributed by atoms with Crippen molar-refractivity contribution in [2.45, 2.75) is 33.2 Å². The molecule has 1 heterocycles. The maximum absolute atomic E-state index is 13.2. The van der Waals surface area contributed by atoms with Crippen LogP contribution in [0, 0.1) is 0 Å². The Morgan fingerprint density at radius 1 is 1.11 bits per heavy atom. The van der Waals surface area contributed by atoms with Crippen LogP contribution in [0.5, 0.6) is 11.5 Å². The highest BCUT2D eigenvalue weighted by molar-refractivity contribution is 5.86. The van der Waals surface area contributed by atoms with E-state index < -0.39 is 0 Å². The van der Waals surface area contributed by atoms with E-state index in [2.05, 4.69) is 13.8 Å². The number of hydrogen-bond acceptors (Lipinski definition) is 4. The molecule has 5 nitrogen and oxygen atoms in total. The molecule has 0 amide bonds. The zero-order valence-electron chi connectivity index (χ0n) is 16.7. The first-order valence-corrected chi connectivity index (χ1v) is 9.84. The van der Waals surface area contributed by atoms with Gasteiger partial charge in [0.25, 0.3) is 0 Å². The third-order valence-corrected chi connectivity index (χ3v) is 5.23. The van der Waals surface area contributed by atoms with Crippen LogP contribution in [0.15, 0.2) is 51.9 Å². The minimum absolute atomic E-state index is 0.126. The fraction of sp³-hybridized carbons (Fsp3) is 0.348. The standard InChI is InChI=1S/C23H27NO4/c1-4-6-13-24(5-2)14-18-20(25)12-11-17-22(26)19(15-28-23(17)18)16-9-7-8-10-21(16)27-3/h7-12,15,25H,4-6,13-14H2,1-3H3/p+1. The molecule has 1 atom stereocenters. The van der Waals surface area contributed by atoms with Gasteiger partial charge in [0.2, 0.25) is 5.43 Å². The van der Waals surface area contributed by atoms with Crippen molar-refractivity contribution in [1.82, 2.24) is 0 Å². The Balaban J connectivity index is 2.10. The maximum atomic E-state index is 13.2. The number of quaternary nitrogens is 1. The summed E-state index contributed by atoms with van der Waals surface area (Å²) in [6.07, 6.45) is 3.72. The van der Waals surface area contributed by atoms with Crippen molar-refractivity contribution in [2.24, 2.45) is 0 Å². The van der Waals surface area contributed by atoms with Crippen LogP contribution in [0.4, 0.5) is 0 Å². The fourth-order valence-electron chi connectivity index (χ4n) is 3.54. The number of benzene rings is 2. The largest absolute Gasteiger partial charge is 0.507 e. The van der Waals surface area contributed by atoms with Gasteiger partial charge in [0.05, 0.1) is 36.7 Å². The summed E-state index contributed by atoms with van der Waals surface area (Å²) in [5.41, 5.74) is 2.17. The second-order valence-corrected chi connectivity index (χ2v) is 7.00. The highest BCUT2D eigenvalue weighted by Crippen LogP contribution is 2.31. The molecule has 1 aromatic heterocycles. The van der Waals surface area contributed by atoms with Gasteiger partial charge in [-0.2, -0.15) is 0 Å². The van der Waals surface area contributed by atoms with E-state index in [1.165, 1.54) is 11.2 Å². The zero-order chi connectivity index (χ0) is 20.1. The highest BCUT2D eigenvalue weighted by atomic mass is 16.5. The summed E-state index contributed by atoms with van der Waals surface area (Å²) in [7, 11) is 1.58. The lowest BCUT2D eigenvalue weighted by atomic mass is 10.0. The molecular formula is C23H28NO4+. The van der Waals surface area contributed by atoms with Crippen LogP contribution in [0.2, 0.25) is 0 Å². The minimum Gasteiger partial charge on any atom is -0.507 e. The molecule has 0 radical (unpaired) electrons. The van der Waals surface area contributed by atoms with Crippen LogP contribution in [0.1, 0.15) is 32.3 Å².